The van der Waals surface area contributed by atoms with Crippen molar-refractivity contribution in [2.45, 2.75) is 32.2 Å². The highest BCUT2D eigenvalue weighted by Crippen LogP contribution is 2.31. The van der Waals surface area contributed by atoms with E-state index < -0.39 is 0 Å². The molecule has 1 N–H and O–H groups in total. The molecule has 0 bridgehead atoms. The van der Waals surface area contributed by atoms with Crippen LogP contribution in [-0.4, -0.2) is 7.05 Å². The Hall–Kier alpha value is -1.12. The minimum absolute atomic E-state index is 0.342. The minimum Gasteiger partial charge on any atom is -0.309 e. The smallest absolute Gasteiger partial charge is 0.0668 e. The van der Waals surface area contributed by atoms with Gasteiger partial charge in [-0.1, -0.05) is 18.2 Å². The van der Waals surface area contributed by atoms with E-state index in [1.807, 2.05) is 18.4 Å². The molecule has 18 heavy (non-hydrogen) atoms. The van der Waals surface area contributed by atoms with Gasteiger partial charge >= 0.3 is 0 Å². The van der Waals surface area contributed by atoms with Gasteiger partial charge in [0.25, 0.3) is 0 Å². The predicted molar refractivity (Wildman–Crippen MR) is 78.4 cm³/mol. The Balaban J connectivity index is 1.96. The first kappa shape index (κ1) is 11.9. The molecule has 1 heterocycles. The summed E-state index contributed by atoms with van der Waals surface area (Å²) in [5.41, 5.74) is 4.51. The second kappa shape index (κ2) is 4.87. The van der Waals surface area contributed by atoms with E-state index in [-0.39, 0.29) is 0 Å². The van der Waals surface area contributed by atoms with Crippen molar-refractivity contribution in [3.8, 4) is 0 Å². The van der Waals surface area contributed by atoms with Crippen molar-refractivity contribution in [1.29, 1.82) is 0 Å². The SMILES string of the molecule is CNC(c1ccc2c(c1)CCC2)c1ccc(C)s1. The first-order chi connectivity index (χ1) is 8.78. The summed E-state index contributed by atoms with van der Waals surface area (Å²) in [6.07, 6.45) is 3.84. The van der Waals surface area contributed by atoms with Crippen LogP contribution in [0.3, 0.4) is 0 Å². The summed E-state index contributed by atoms with van der Waals surface area (Å²) in [6, 6.07) is 11.8. The van der Waals surface area contributed by atoms with Crippen LogP contribution in [0.15, 0.2) is 30.3 Å². The van der Waals surface area contributed by atoms with Crippen molar-refractivity contribution in [1.82, 2.24) is 5.32 Å². The second-order valence-electron chi connectivity index (χ2n) is 5.05. The lowest BCUT2D eigenvalue weighted by Gasteiger charge is -2.16. The second-order valence-corrected chi connectivity index (χ2v) is 6.37. The van der Waals surface area contributed by atoms with Gasteiger partial charge in [0, 0.05) is 9.75 Å². The topological polar surface area (TPSA) is 12.0 Å². The molecule has 94 valence electrons. The van der Waals surface area contributed by atoms with Crippen molar-refractivity contribution >= 4 is 11.3 Å². The Morgan fingerprint density at radius 3 is 2.67 bits per heavy atom. The largest absolute Gasteiger partial charge is 0.309 e. The van der Waals surface area contributed by atoms with E-state index in [1.165, 1.54) is 34.6 Å². The molecule has 0 amide bonds. The van der Waals surface area contributed by atoms with Gasteiger partial charge in [0.1, 0.15) is 0 Å². The molecule has 1 nitrogen and oxygen atoms in total. The van der Waals surface area contributed by atoms with E-state index >= 15 is 0 Å². The van der Waals surface area contributed by atoms with E-state index in [0.29, 0.717) is 6.04 Å². The normalized spacial score (nSPS) is 15.7. The Morgan fingerprint density at radius 1 is 1.11 bits per heavy atom. The molecule has 1 aliphatic carbocycles. The van der Waals surface area contributed by atoms with Crippen LogP contribution in [0, 0.1) is 6.92 Å². The molecule has 1 unspecified atom stereocenters. The summed E-state index contributed by atoms with van der Waals surface area (Å²) in [4.78, 5) is 2.79. The Labute approximate surface area is 113 Å². The van der Waals surface area contributed by atoms with Crippen LogP contribution in [-0.2, 0) is 12.8 Å². The molecular weight excluding hydrogens is 238 g/mol. The van der Waals surface area contributed by atoms with Crippen LogP contribution in [0.4, 0.5) is 0 Å². The Kier molecular flexibility index (Phi) is 3.23. The zero-order chi connectivity index (χ0) is 12.5. The van der Waals surface area contributed by atoms with Crippen LogP contribution in [0.25, 0.3) is 0 Å². The van der Waals surface area contributed by atoms with Gasteiger partial charge in [-0.2, -0.15) is 0 Å². The molecule has 0 saturated heterocycles. The lowest BCUT2D eigenvalue weighted by molar-refractivity contribution is 0.703. The zero-order valence-corrected chi connectivity index (χ0v) is 11.8. The quantitative estimate of drug-likeness (QED) is 0.880. The molecule has 0 radical (unpaired) electrons. The van der Waals surface area contributed by atoms with Crippen molar-refractivity contribution in [2.75, 3.05) is 7.05 Å². The van der Waals surface area contributed by atoms with Crippen LogP contribution in [0.2, 0.25) is 0 Å². The molecule has 3 rings (SSSR count). The van der Waals surface area contributed by atoms with Gasteiger partial charge in [0.2, 0.25) is 0 Å². The number of hydrogen-bond acceptors (Lipinski definition) is 2. The summed E-state index contributed by atoms with van der Waals surface area (Å²) >= 11 is 1.89. The van der Waals surface area contributed by atoms with E-state index in [0.717, 1.165) is 0 Å². The van der Waals surface area contributed by atoms with Crippen molar-refractivity contribution in [3.63, 3.8) is 0 Å². The van der Waals surface area contributed by atoms with Crippen molar-refractivity contribution < 1.29 is 0 Å². The third kappa shape index (κ3) is 2.11. The van der Waals surface area contributed by atoms with Crippen LogP contribution in [0.5, 0.6) is 0 Å². The molecule has 0 saturated carbocycles. The fourth-order valence-corrected chi connectivity index (χ4v) is 3.87. The summed E-state index contributed by atoms with van der Waals surface area (Å²) in [5, 5.41) is 3.45. The lowest BCUT2D eigenvalue weighted by atomic mass is 10.0. The molecular formula is C16H19NS. The number of thiophene rings is 1. The molecule has 0 fully saturated rings. The Morgan fingerprint density at radius 2 is 1.94 bits per heavy atom. The van der Waals surface area contributed by atoms with Crippen molar-refractivity contribution in [3.05, 3.63) is 56.8 Å². The number of benzene rings is 1. The number of rotatable bonds is 3. The summed E-state index contributed by atoms with van der Waals surface area (Å²) in [7, 11) is 2.05. The average Bonchev–Trinajstić information content (AvgIpc) is 2.99. The van der Waals surface area contributed by atoms with Crippen molar-refractivity contribution in [2.24, 2.45) is 0 Å². The standard InChI is InChI=1S/C16H19NS/c1-11-6-9-15(18-11)16(17-2)14-8-7-12-4-3-5-13(12)10-14/h6-10,16-17H,3-5H2,1-2H3. The zero-order valence-electron chi connectivity index (χ0n) is 11.0. The predicted octanol–water partition coefficient (Wildman–Crippen LogP) is 3.85. The molecule has 0 aliphatic heterocycles. The van der Waals surface area contributed by atoms with E-state index in [1.54, 1.807) is 11.1 Å². The molecule has 1 atom stereocenters. The summed E-state index contributed by atoms with van der Waals surface area (Å²) in [6.45, 7) is 2.17. The number of hydrogen-bond donors (Lipinski definition) is 1. The van der Waals surface area contributed by atoms with Gasteiger partial charge in [-0.3, -0.25) is 0 Å². The highest BCUT2D eigenvalue weighted by Gasteiger charge is 2.17. The third-order valence-corrected chi connectivity index (χ3v) is 4.86. The van der Waals surface area contributed by atoms with Crippen LogP contribution in [0.1, 0.15) is 38.9 Å². The number of aryl methyl sites for hydroxylation is 3. The number of fused-ring (bicyclic) bond motifs is 1. The first-order valence-electron chi connectivity index (χ1n) is 6.63. The maximum Gasteiger partial charge on any atom is 0.0668 e. The van der Waals surface area contributed by atoms with Gasteiger partial charge in [0.05, 0.1) is 6.04 Å². The molecule has 1 aromatic heterocycles. The van der Waals surface area contributed by atoms with Crippen LogP contribution >= 0.6 is 11.3 Å². The average molecular weight is 257 g/mol. The van der Waals surface area contributed by atoms with Crippen LogP contribution < -0.4 is 5.32 Å². The first-order valence-corrected chi connectivity index (χ1v) is 7.45. The molecule has 2 aromatic rings. The van der Waals surface area contributed by atoms with Gasteiger partial charge in [-0.15, -0.1) is 11.3 Å². The number of nitrogens with one attached hydrogen (secondary N) is 1. The third-order valence-electron chi connectivity index (χ3n) is 3.79. The monoisotopic (exact) mass is 257 g/mol. The maximum absolute atomic E-state index is 3.45. The van der Waals surface area contributed by atoms with Gasteiger partial charge in [0.15, 0.2) is 0 Å². The highest BCUT2D eigenvalue weighted by molar-refractivity contribution is 7.12. The lowest BCUT2D eigenvalue weighted by Crippen LogP contribution is -2.16. The molecule has 0 spiro atoms. The van der Waals surface area contributed by atoms with Gasteiger partial charge in [-0.05, 0) is 62.1 Å². The van der Waals surface area contributed by atoms with E-state index in [2.05, 4.69) is 42.6 Å². The highest BCUT2D eigenvalue weighted by atomic mass is 32.1. The fraction of sp³-hybridized carbons (Fsp3) is 0.375. The van der Waals surface area contributed by atoms with E-state index in [4.69, 9.17) is 0 Å². The molecule has 1 aromatic carbocycles. The van der Waals surface area contributed by atoms with E-state index in [9.17, 15) is 0 Å². The fourth-order valence-electron chi connectivity index (χ4n) is 2.85. The Bertz CT molecular complexity index is 556. The van der Waals surface area contributed by atoms with Gasteiger partial charge < -0.3 is 5.32 Å². The molecule has 2 heteroatoms. The maximum atomic E-state index is 3.45. The minimum atomic E-state index is 0.342. The van der Waals surface area contributed by atoms with Gasteiger partial charge in [-0.25, -0.2) is 0 Å². The summed E-state index contributed by atoms with van der Waals surface area (Å²) < 4.78 is 0. The summed E-state index contributed by atoms with van der Waals surface area (Å²) in [5.74, 6) is 0. The molecule has 1 aliphatic rings.